The van der Waals surface area contributed by atoms with Crippen LogP contribution in [0.4, 0.5) is 5.69 Å². The Morgan fingerprint density at radius 1 is 0.289 bits per heavy atom. The molecule has 0 spiro atoms. The van der Waals surface area contributed by atoms with Gasteiger partial charge < -0.3 is 5.43 Å². The molecular weight excluding hydrogens is 460 g/mol. The lowest BCUT2D eigenvalue weighted by molar-refractivity contribution is 1.35. The summed E-state index contributed by atoms with van der Waals surface area (Å²) in [5.74, 6) is 6.46. The molecule has 2 heteroatoms. The van der Waals surface area contributed by atoms with Crippen LogP contribution in [0.3, 0.4) is 0 Å². The molecule has 182 valence electrons. The molecule has 0 atom stereocenters. The number of nitrogens with two attached hydrogens (primary N) is 1. The topological polar surface area (TPSA) is 38.0 Å². The highest BCUT2D eigenvalue weighted by Crippen LogP contribution is 2.54. The third-order valence-corrected chi connectivity index (χ3v) is 6.96. The monoisotopic (exact) mass is 488 g/mol. The Morgan fingerprint density at radius 2 is 0.500 bits per heavy atom. The summed E-state index contributed by atoms with van der Waals surface area (Å²) in [6, 6.07) is 53.0. The molecule has 38 heavy (non-hydrogen) atoms. The van der Waals surface area contributed by atoms with Gasteiger partial charge in [0.15, 0.2) is 0 Å². The quantitative estimate of drug-likeness (QED) is 0.181. The van der Waals surface area contributed by atoms with Crippen LogP contribution in [0.2, 0.25) is 0 Å². The van der Waals surface area contributed by atoms with E-state index in [2.05, 4.69) is 157 Å². The summed E-state index contributed by atoms with van der Waals surface area (Å²) >= 11 is 0. The van der Waals surface area contributed by atoms with E-state index in [0.717, 1.165) is 55.8 Å². The maximum absolute atomic E-state index is 6.46. The van der Waals surface area contributed by atoms with Crippen LogP contribution in [0.25, 0.3) is 55.6 Å². The zero-order valence-corrected chi connectivity index (χ0v) is 21.0. The van der Waals surface area contributed by atoms with Gasteiger partial charge >= 0.3 is 0 Å². The van der Waals surface area contributed by atoms with Crippen molar-refractivity contribution in [1.82, 2.24) is 0 Å². The van der Waals surface area contributed by atoms with Gasteiger partial charge in [0.25, 0.3) is 0 Å². The molecular formula is C36H28N2. The van der Waals surface area contributed by atoms with E-state index < -0.39 is 0 Å². The molecule has 0 aliphatic carbocycles. The number of hydrogen-bond donors (Lipinski definition) is 2. The predicted molar refractivity (Wildman–Crippen MR) is 161 cm³/mol. The fourth-order valence-electron chi connectivity index (χ4n) is 5.36. The van der Waals surface area contributed by atoms with Crippen molar-refractivity contribution in [1.29, 1.82) is 0 Å². The molecule has 0 heterocycles. The van der Waals surface area contributed by atoms with Crippen molar-refractivity contribution in [3.63, 3.8) is 0 Å². The van der Waals surface area contributed by atoms with Gasteiger partial charge in [-0.3, -0.25) is 5.84 Å². The molecule has 0 saturated heterocycles. The smallest absolute Gasteiger partial charge is 0.0655 e. The van der Waals surface area contributed by atoms with Gasteiger partial charge in [0.1, 0.15) is 0 Å². The molecule has 6 rings (SSSR count). The number of hydrogen-bond acceptors (Lipinski definition) is 2. The third-order valence-electron chi connectivity index (χ3n) is 6.96. The summed E-state index contributed by atoms with van der Waals surface area (Å²) in [6.45, 7) is 0. The van der Waals surface area contributed by atoms with Gasteiger partial charge in [-0.2, -0.15) is 0 Å². The van der Waals surface area contributed by atoms with Crippen molar-refractivity contribution in [3.8, 4) is 55.6 Å². The minimum absolute atomic E-state index is 0.903. The highest BCUT2D eigenvalue weighted by atomic mass is 15.2. The van der Waals surface area contributed by atoms with E-state index in [1.807, 2.05) is 0 Å². The second-order valence-electron chi connectivity index (χ2n) is 9.22. The van der Waals surface area contributed by atoms with E-state index in [1.54, 1.807) is 0 Å². The van der Waals surface area contributed by atoms with Crippen molar-refractivity contribution in [2.24, 2.45) is 5.84 Å². The largest absolute Gasteiger partial charge is 0.323 e. The van der Waals surface area contributed by atoms with E-state index in [9.17, 15) is 0 Å². The van der Waals surface area contributed by atoms with Crippen LogP contribution >= 0.6 is 0 Å². The first-order chi connectivity index (χ1) is 18.9. The predicted octanol–water partition coefficient (Wildman–Crippen LogP) is 9.31. The maximum Gasteiger partial charge on any atom is 0.0655 e. The van der Waals surface area contributed by atoms with Crippen molar-refractivity contribution >= 4 is 5.69 Å². The number of nitrogen functional groups attached to an aromatic ring is 1. The van der Waals surface area contributed by atoms with Gasteiger partial charge in [0, 0.05) is 22.3 Å². The van der Waals surface area contributed by atoms with Crippen LogP contribution in [-0.4, -0.2) is 0 Å². The number of anilines is 1. The van der Waals surface area contributed by atoms with Crippen molar-refractivity contribution in [2.75, 3.05) is 5.43 Å². The normalized spacial score (nSPS) is 10.8. The summed E-state index contributed by atoms with van der Waals surface area (Å²) in [5.41, 5.74) is 15.3. The van der Waals surface area contributed by atoms with Gasteiger partial charge in [-0.25, -0.2) is 0 Å². The summed E-state index contributed by atoms with van der Waals surface area (Å²) in [6.07, 6.45) is 0. The maximum atomic E-state index is 6.46. The summed E-state index contributed by atoms with van der Waals surface area (Å²) in [5, 5.41) is 0. The van der Waals surface area contributed by atoms with E-state index in [4.69, 9.17) is 5.84 Å². The molecule has 6 aromatic rings. The van der Waals surface area contributed by atoms with Gasteiger partial charge in [0.2, 0.25) is 0 Å². The summed E-state index contributed by atoms with van der Waals surface area (Å²) in [7, 11) is 0. The van der Waals surface area contributed by atoms with Crippen LogP contribution in [-0.2, 0) is 0 Å². The average molecular weight is 489 g/mol. The first-order valence-corrected chi connectivity index (χ1v) is 12.8. The van der Waals surface area contributed by atoms with Crippen molar-refractivity contribution in [2.45, 2.75) is 0 Å². The number of rotatable bonds is 6. The van der Waals surface area contributed by atoms with Crippen LogP contribution in [0.1, 0.15) is 0 Å². The van der Waals surface area contributed by atoms with Crippen molar-refractivity contribution < 1.29 is 0 Å². The van der Waals surface area contributed by atoms with E-state index in [0.29, 0.717) is 0 Å². The Bertz CT molecular complexity index is 1540. The lowest BCUT2D eigenvalue weighted by Gasteiger charge is -2.28. The molecule has 0 fully saturated rings. The zero-order chi connectivity index (χ0) is 25.7. The molecule has 6 aromatic carbocycles. The molecule has 0 aliphatic rings. The Hall–Kier alpha value is -4.92. The highest BCUT2D eigenvalue weighted by molar-refractivity contribution is 6.13. The molecule has 3 N–H and O–H groups in total. The van der Waals surface area contributed by atoms with Crippen LogP contribution in [0, 0.1) is 0 Å². The van der Waals surface area contributed by atoms with E-state index >= 15 is 0 Å². The molecule has 0 saturated carbocycles. The Morgan fingerprint density at radius 3 is 0.737 bits per heavy atom. The van der Waals surface area contributed by atoms with Crippen molar-refractivity contribution in [3.05, 3.63) is 152 Å². The molecule has 0 amide bonds. The minimum Gasteiger partial charge on any atom is -0.323 e. The van der Waals surface area contributed by atoms with Gasteiger partial charge in [-0.1, -0.05) is 152 Å². The SMILES string of the molecule is NNc1c(-c2ccccc2)c(-c2ccccc2)c(-c2ccccc2)c(-c2ccccc2)c1-c1ccccc1. The molecule has 0 aliphatic heterocycles. The Balaban J connectivity index is 1.91. The Labute approximate surface area is 224 Å². The van der Waals surface area contributed by atoms with Crippen LogP contribution < -0.4 is 11.3 Å². The Kier molecular flexibility index (Phi) is 6.55. The summed E-state index contributed by atoms with van der Waals surface area (Å²) in [4.78, 5) is 0. The molecule has 2 nitrogen and oxygen atoms in total. The van der Waals surface area contributed by atoms with Crippen LogP contribution in [0.15, 0.2) is 152 Å². The number of hydrazine groups is 1. The molecule has 0 bridgehead atoms. The first-order valence-electron chi connectivity index (χ1n) is 12.8. The second-order valence-corrected chi connectivity index (χ2v) is 9.22. The molecule has 0 radical (unpaired) electrons. The zero-order valence-electron chi connectivity index (χ0n) is 21.0. The third kappa shape index (κ3) is 4.28. The van der Waals surface area contributed by atoms with Gasteiger partial charge in [-0.05, 0) is 33.4 Å². The van der Waals surface area contributed by atoms with E-state index in [1.165, 1.54) is 5.56 Å². The second kappa shape index (κ2) is 10.6. The highest BCUT2D eigenvalue weighted by Gasteiger charge is 2.27. The number of nitrogens with one attached hydrogen (secondary N) is 1. The van der Waals surface area contributed by atoms with E-state index in [-0.39, 0.29) is 0 Å². The fraction of sp³-hybridized carbons (Fsp3) is 0. The van der Waals surface area contributed by atoms with Gasteiger partial charge in [-0.15, -0.1) is 0 Å². The first kappa shape index (κ1) is 23.5. The van der Waals surface area contributed by atoms with Crippen LogP contribution in [0.5, 0.6) is 0 Å². The average Bonchev–Trinajstić information content (AvgIpc) is 3.01. The minimum atomic E-state index is 0.903. The standard InChI is InChI=1S/C36H28N2/c37-38-36-34(29-22-12-4-13-23-29)32(27-18-8-2-9-19-27)31(26-16-6-1-7-17-26)33(28-20-10-3-11-21-28)35(36)30-24-14-5-15-25-30/h1-25,38H,37H2. The molecule has 0 unspecified atom stereocenters. The lowest BCUT2D eigenvalue weighted by Crippen LogP contribution is -2.12. The fourth-order valence-corrected chi connectivity index (χ4v) is 5.36. The molecule has 0 aromatic heterocycles. The lowest BCUT2D eigenvalue weighted by atomic mass is 9.77. The number of benzene rings is 6. The summed E-state index contributed by atoms with van der Waals surface area (Å²) < 4.78 is 0. The van der Waals surface area contributed by atoms with Gasteiger partial charge in [0.05, 0.1) is 5.69 Å².